The highest BCUT2D eigenvalue weighted by atomic mass is 16.5. The maximum absolute atomic E-state index is 10.7. The second-order valence-electron chi connectivity index (χ2n) is 1.90. The molecule has 0 saturated heterocycles. The quantitative estimate of drug-likeness (QED) is 0.485. The number of rotatable bonds is 2. The van der Waals surface area contributed by atoms with Gasteiger partial charge in [0.2, 0.25) is 5.91 Å². The van der Waals surface area contributed by atoms with Gasteiger partial charge in [-0.3, -0.25) is 4.79 Å². The minimum Gasteiger partial charge on any atom is -0.474 e. The van der Waals surface area contributed by atoms with Crippen molar-refractivity contribution in [3.05, 3.63) is 0 Å². The first-order valence-electron chi connectivity index (χ1n) is 3.59. The summed E-state index contributed by atoms with van der Waals surface area (Å²) in [7, 11) is 0. The van der Waals surface area contributed by atoms with E-state index in [4.69, 9.17) is 5.11 Å². The molecule has 0 bridgehead atoms. The fourth-order valence-corrected chi connectivity index (χ4v) is 0.471. The van der Waals surface area contributed by atoms with Crippen LogP contribution in [0.3, 0.4) is 0 Å². The van der Waals surface area contributed by atoms with Crippen LogP contribution in [0.1, 0.15) is 20.3 Å². The number of amides is 1. The van der Waals surface area contributed by atoms with Gasteiger partial charge in [0.15, 0.2) is 0 Å². The number of carbonyl (C=O) groups is 2. The van der Waals surface area contributed by atoms with E-state index in [1.165, 1.54) is 0 Å². The lowest BCUT2D eigenvalue weighted by molar-refractivity contribution is -0.131. The van der Waals surface area contributed by atoms with Gasteiger partial charge in [0.05, 0.1) is 6.61 Å². The molecule has 0 aliphatic heterocycles. The molecule has 1 N–H and O–H groups in total. The molecule has 0 aromatic carbocycles. The van der Waals surface area contributed by atoms with Gasteiger partial charge in [-0.1, -0.05) is 6.92 Å². The Bertz CT molecular complexity index is 209. The number of hydrogen-bond acceptors (Lipinski definition) is 3. The third kappa shape index (κ3) is 3.70. The lowest BCUT2D eigenvalue weighted by Crippen LogP contribution is -2.18. The van der Waals surface area contributed by atoms with Crippen molar-refractivity contribution >= 4 is 17.8 Å². The van der Waals surface area contributed by atoms with Gasteiger partial charge in [-0.05, 0) is 6.92 Å². The summed E-state index contributed by atoms with van der Waals surface area (Å²) in [5.41, 5.74) is 0. The van der Waals surface area contributed by atoms with E-state index in [1.807, 2.05) is 0 Å². The number of nitrogens with zero attached hydrogens (tertiary/aromatic N) is 1. The molecule has 5 heteroatoms. The zero-order chi connectivity index (χ0) is 9.56. The first kappa shape index (κ1) is 10.6. The zero-order valence-corrected chi connectivity index (χ0v) is 7.03. The summed E-state index contributed by atoms with van der Waals surface area (Å²) in [6.07, 6.45) is 0.170. The van der Waals surface area contributed by atoms with Gasteiger partial charge < -0.3 is 9.84 Å². The van der Waals surface area contributed by atoms with E-state index in [0.717, 1.165) is 0 Å². The van der Waals surface area contributed by atoms with Crippen LogP contribution in [0.5, 0.6) is 0 Å². The van der Waals surface area contributed by atoms with Crippen molar-refractivity contribution in [2.45, 2.75) is 20.3 Å². The molecule has 0 aromatic rings. The minimum absolute atomic E-state index is 0.170. The molecule has 0 saturated carbocycles. The first-order valence-corrected chi connectivity index (χ1v) is 3.59. The molecule has 0 atom stereocenters. The van der Waals surface area contributed by atoms with Gasteiger partial charge >= 0.3 is 11.9 Å². The van der Waals surface area contributed by atoms with Crippen molar-refractivity contribution in [2.24, 2.45) is 4.99 Å². The van der Waals surface area contributed by atoms with Gasteiger partial charge in [0.25, 0.3) is 0 Å². The Labute approximate surface area is 70.1 Å². The number of carboxylic acids is 1. The summed E-state index contributed by atoms with van der Waals surface area (Å²) in [5, 5.41) is 8.44. The van der Waals surface area contributed by atoms with Crippen LogP contribution < -0.4 is 0 Å². The Kier molecular flexibility index (Phi) is 4.67. The smallest absolute Gasteiger partial charge is 0.391 e. The van der Waals surface area contributed by atoms with Crippen LogP contribution in [-0.2, 0) is 14.3 Å². The average Bonchev–Trinajstić information content (AvgIpc) is 2.03. The summed E-state index contributed by atoms with van der Waals surface area (Å²) in [6, 6.07) is 0. The molecular formula is C7H11NO4. The molecule has 0 rings (SSSR count). The molecule has 12 heavy (non-hydrogen) atoms. The van der Waals surface area contributed by atoms with Gasteiger partial charge in [-0.15, -0.1) is 0 Å². The molecule has 0 spiro atoms. The van der Waals surface area contributed by atoms with Crippen LogP contribution in [-0.4, -0.2) is 29.5 Å². The van der Waals surface area contributed by atoms with Crippen LogP contribution >= 0.6 is 0 Å². The maximum atomic E-state index is 10.7. The standard InChI is InChI=1S/C7H11NO4/c1-3-5(9)8-6(7(10)11)12-4-2/h3-4H2,1-2H3,(H,10,11). The monoisotopic (exact) mass is 173 g/mol. The van der Waals surface area contributed by atoms with E-state index in [-0.39, 0.29) is 13.0 Å². The second-order valence-corrected chi connectivity index (χ2v) is 1.90. The fourth-order valence-electron chi connectivity index (χ4n) is 0.471. The van der Waals surface area contributed by atoms with E-state index < -0.39 is 17.8 Å². The third-order valence-electron chi connectivity index (χ3n) is 0.993. The lowest BCUT2D eigenvalue weighted by atomic mass is 10.5. The SMILES string of the molecule is CCOC(=NC(=O)CC)C(=O)O. The predicted molar refractivity (Wildman–Crippen MR) is 42.0 cm³/mol. The molecule has 1 amide bonds. The number of carboxylic acid groups (broad SMARTS) is 1. The van der Waals surface area contributed by atoms with Gasteiger partial charge in [0, 0.05) is 6.42 Å². The number of carbonyl (C=O) groups excluding carboxylic acids is 1. The highest BCUT2D eigenvalue weighted by Crippen LogP contribution is 1.88. The largest absolute Gasteiger partial charge is 0.474 e. The highest BCUT2D eigenvalue weighted by molar-refractivity contribution is 6.33. The molecule has 0 aromatic heterocycles. The average molecular weight is 173 g/mol. The minimum atomic E-state index is -1.32. The Morgan fingerprint density at radius 1 is 1.42 bits per heavy atom. The summed E-state index contributed by atoms with van der Waals surface area (Å²) in [4.78, 5) is 24.2. The van der Waals surface area contributed by atoms with Gasteiger partial charge in [-0.2, -0.15) is 4.99 Å². The van der Waals surface area contributed by atoms with E-state index in [1.54, 1.807) is 13.8 Å². The summed E-state index contributed by atoms with van der Waals surface area (Å²) in [6.45, 7) is 3.40. The molecular weight excluding hydrogens is 162 g/mol. The van der Waals surface area contributed by atoms with Crippen LogP contribution in [0.4, 0.5) is 0 Å². The highest BCUT2D eigenvalue weighted by Gasteiger charge is 2.11. The van der Waals surface area contributed by atoms with E-state index >= 15 is 0 Å². The van der Waals surface area contributed by atoms with E-state index in [0.29, 0.717) is 0 Å². The van der Waals surface area contributed by atoms with E-state index in [9.17, 15) is 9.59 Å². The molecule has 0 radical (unpaired) electrons. The number of ether oxygens (including phenoxy) is 1. The van der Waals surface area contributed by atoms with Crippen LogP contribution in [0.25, 0.3) is 0 Å². The molecule has 0 unspecified atom stereocenters. The van der Waals surface area contributed by atoms with Crippen molar-refractivity contribution in [1.82, 2.24) is 0 Å². The van der Waals surface area contributed by atoms with Crippen LogP contribution in [0.2, 0.25) is 0 Å². The van der Waals surface area contributed by atoms with Crippen molar-refractivity contribution in [3.63, 3.8) is 0 Å². The number of aliphatic carboxylic acids is 1. The number of aliphatic imine (C=N–C) groups is 1. The van der Waals surface area contributed by atoms with Crippen LogP contribution in [0.15, 0.2) is 4.99 Å². The first-order chi connectivity index (χ1) is 5.61. The molecule has 0 aliphatic carbocycles. The third-order valence-corrected chi connectivity index (χ3v) is 0.993. The number of hydrogen-bond donors (Lipinski definition) is 1. The molecule has 0 fully saturated rings. The normalized spacial score (nSPS) is 11.0. The fraction of sp³-hybridized carbons (Fsp3) is 0.571. The Hall–Kier alpha value is -1.39. The van der Waals surface area contributed by atoms with Crippen molar-refractivity contribution in [2.75, 3.05) is 6.61 Å². The predicted octanol–water partition coefficient (Wildman–Crippen LogP) is 0.443. The molecule has 68 valence electrons. The van der Waals surface area contributed by atoms with Crippen molar-refractivity contribution in [1.29, 1.82) is 0 Å². The zero-order valence-electron chi connectivity index (χ0n) is 7.03. The second kappa shape index (κ2) is 5.29. The Morgan fingerprint density at radius 2 is 2.00 bits per heavy atom. The summed E-state index contributed by atoms with van der Waals surface area (Å²) < 4.78 is 4.61. The van der Waals surface area contributed by atoms with E-state index in [2.05, 4.69) is 9.73 Å². The maximum Gasteiger partial charge on any atom is 0.391 e. The molecule has 5 nitrogen and oxygen atoms in total. The van der Waals surface area contributed by atoms with Crippen molar-refractivity contribution < 1.29 is 19.4 Å². The van der Waals surface area contributed by atoms with Crippen molar-refractivity contribution in [3.8, 4) is 0 Å². The Morgan fingerprint density at radius 3 is 2.33 bits per heavy atom. The summed E-state index contributed by atoms with van der Waals surface area (Å²) >= 11 is 0. The Balaban J connectivity index is 4.38. The topological polar surface area (TPSA) is 76.0 Å². The summed E-state index contributed by atoms with van der Waals surface area (Å²) in [5.74, 6) is -2.36. The molecule has 0 heterocycles. The van der Waals surface area contributed by atoms with Crippen LogP contribution in [0, 0.1) is 0 Å². The molecule has 0 aliphatic rings. The van der Waals surface area contributed by atoms with Gasteiger partial charge in [-0.25, -0.2) is 4.79 Å². The lowest BCUT2D eigenvalue weighted by Gasteiger charge is -1.99. The van der Waals surface area contributed by atoms with Gasteiger partial charge in [0.1, 0.15) is 0 Å².